The molecule has 0 fully saturated rings. The average Bonchev–Trinajstić information content (AvgIpc) is 2.45. The minimum atomic E-state index is -0.220. The molecule has 1 unspecified atom stereocenters. The molecular weight excluding hydrogens is 284 g/mol. The first-order valence-electron chi connectivity index (χ1n) is 7.64. The van der Waals surface area contributed by atoms with E-state index >= 15 is 0 Å². The fourth-order valence-electron chi connectivity index (χ4n) is 2.35. The molecule has 22 heavy (non-hydrogen) atoms. The second-order valence-electron chi connectivity index (χ2n) is 6.73. The minimum absolute atomic E-state index is 0.144. The van der Waals surface area contributed by atoms with Crippen molar-refractivity contribution in [1.82, 2.24) is 0 Å². The molecule has 0 bridgehead atoms. The lowest BCUT2D eigenvalue weighted by Gasteiger charge is -2.31. The topological polar surface area (TPSA) is 0 Å². The molecule has 0 amide bonds. The molecule has 0 N–H and O–H groups in total. The van der Waals surface area contributed by atoms with Crippen LogP contribution in [0.5, 0.6) is 0 Å². The van der Waals surface area contributed by atoms with Gasteiger partial charge in [-0.15, -0.1) is 11.8 Å². The summed E-state index contributed by atoms with van der Waals surface area (Å²) in [5, 5.41) is 0. The summed E-state index contributed by atoms with van der Waals surface area (Å²) in [6.45, 7) is 11.1. The van der Waals surface area contributed by atoms with Gasteiger partial charge in [-0.05, 0) is 31.5 Å². The molecule has 114 valence electrons. The van der Waals surface area contributed by atoms with Gasteiger partial charge in [-0.2, -0.15) is 0 Å². The zero-order chi connectivity index (χ0) is 16.2. The van der Waals surface area contributed by atoms with E-state index in [4.69, 9.17) is 0 Å². The molecule has 0 saturated carbocycles. The number of hydrogen-bond donors (Lipinski definition) is 0. The molecule has 0 spiro atoms. The highest BCUT2D eigenvalue weighted by atomic mass is 32.2. The summed E-state index contributed by atoms with van der Waals surface area (Å²) in [5.74, 6) is 6.87. The SMILES string of the molecule is Cc1ccc(C(C)(C#Cc2ccccc2)SC(C)(C)C)cc1. The van der Waals surface area contributed by atoms with Gasteiger partial charge in [0, 0.05) is 10.3 Å². The number of benzene rings is 2. The number of rotatable bonds is 2. The Morgan fingerprint density at radius 3 is 1.95 bits per heavy atom. The smallest absolute Gasteiger partial charge is 0.0994 e. The van der Waals surface area contributed by atoms with Crippen LogP contribution in [0.2, 0.25) is 0 Å². The summed E-state index contributed by atoms with van der Waals surface area (Å²) in [7, 11) is 0. The highest BCUT2D eigenvalue weighted by molar-refractivity contribution is 8.01. The van der Waals surface area contributed by atoms with Crippen molar-refractivity contribution in [2.45, 2.75) is 44.1 Å². The Balaban J connectivity index is 2.42. The highest BCUT2D eigenvalue weighted by Gasteiger charge is 2.30. The second kappa shape index (κ2) is 6.63. The lowest BCUT2D eigenvalue weighted by Crippen LogP contribution is -2.23. The first-order valence-corrected chi connectivity index (χ1v) is 8.46. The van der Waals surface area contributed by atoms with E-state index in [0.29, 0.717) is 0 Å². The van der Waals surface area contributed by atoms with Crippen LogP contribution in [0.25, 0.3) is 0 Å². The van der Waals surface area contributed by atoms with Crippen molar-refractivity contribution in [3.8, 4) is 11.8 Å². The Bertz CT molecular complexity index is 666. The van der Waals surface area contributed by atoms with E-state index in [2.05, 4.69) is 82.9 Å². The lowest BCUT2D eigenvalue weighted by molar-refractivity contribution is 0.774. The summed E-state index contributed by atoms with van der Waals surface area (Å²) >= 11 is 1.91. The normalized spacial score (nSPS) is 13.9. The first-order chi connectivity index (χ1) is 10.3. The minimum Gasteiger partial charge on any atom is -0.132 e. The lowest BCUT2D eigenvalue weighted by atomic mass is 9.99. The van der Waals surface area contributed by atoms with E-state index in [9.17, 15) is 0 Å². The zero-order valence-corrected chi connectivity index (χ0v) is 14.9. The molecule has 2 aromatic carbocycles. The molecule has 1 heteroatoms. The Hall–Kier alpha value is -1.65. The molecule has 2 rings (SSSR count). The standard InChI is InChI=1S/C21H24S/c1-17-11-13-19(14-12-17)21(5,22-20(2,3)4)16-15-18-9-7-6-8-10-18/h6-14H,1-5H3. The van der Waals surface area contributed by atoms with Gasteiger partial charge < -0.3 is 0 Å². The van der Waals surface area contributed by atoms with Crippen molar-refractivity contribution in [3.05, 3.63) is 71.3 Å². The number of thioether (sulfide) groups is 1. The second-order valence-corrected chi connectivity index (χ2v) is 8.98. The third-order valence-electron chi connectivity index (χ3n) is 3.33. The Morgan fingerprint density at radius 2 is 1.41 bits per heavy atom. The molecule has 0 aliphatic heterocycles. The van der Waals surface area contributed by atoms with Gasteiger partial charge in [0.15, 0.2) is 0 Å². The number of hydrogen-bond acceptors (Lipinski definition) is 1. The van der Waals surface area contributed by atoms with Crippen molar-refractivity contribution < 1.29 is 0 Å². The van der Waals surface area contributed by atoms with Crippen molar-refractivity contribution in [2.24, 2.45) is 0 Å². The van der Waals surface area contributed by atoms with Crippen LogP contribution in [0, 0.1) is 18.8 Å². The average molecular weight is 308 g/mol. The Labute approximate surface area is 139 Å². The summed E-state index contributed by atoms with van der Waals surface area (Å²) in [5.41, 5.74) is 3.61. The van der Waals surface area contributed by atoms with Crippen LogP contribution >= 0.6 is 11.8 Å². The van der Waals surface area contributed by atoms with Crippen LogP contribution in [-0.4, -0.2) is 4.75 Å². The van der Waals surface area contributed by atoms with E-state index in [0.717, 1.165) is 5.56 Å². The molecule has 0 heterocycles. The van der Waals surface area contributed by atoms with E-state index in [-0.39, 0.29) is 9.49 Å². The molecular formula is C21H24S. The summed E-state index contributed by atoms with van der Waals surface area (Å²) < 4.78 is -0.0766. The molecule has 1 atom stereocenters. The molecule has 0 aromatic heterocycles. The van der Waals surface area contributed by atoms with Crippen LogP contribution in [0.1, 0.15) is 44.4 Å². The van der Waals surface area contributed by atoms with Gasteiger partial charge in [0.05, 0.1) is 4.75 Å². The maximum absolute atomic E-state index is 3.52. The zero-order valence-electron chi connectivity index (χ0n) is 14.1. The largest absolute Gasteiger partial charge is 0.132 e. The predicted molar refractivity (Wildman–Crippen MR) is 99.2 cm³/mol. The van der Waals surface area contributed by atoms with Gasteiger partial charge in [0.25, 0.3) is 0 Å². The van der Waals surface area contributed by atoms with Gasteiger partial charge in [-0.1, -0.05) is 80.6 Å². The molecule has 0 saturated heterocycles. The van der Waals surface area contributed by atoms with Crippen LogP contribution in [0.3, 0.4) is 0 Å². The van der Waals surface area contributed by atoms with Gasteiger partial charge >= 0.3 is 0 Å². The molecule has 0 aliphatic carbocycles. The van der Waals surface area contributed by atoms with Crippen LogP contribution in [-0.2, 0) is 4.75 Å². The van der Waals surface area contributed by atoms with E-state index in [1.165, 1.54) is 11.1 Å². The molecule has 0 aliphatic rings. The van der Waals surface area contributed by atoms with E-state index in [1.807, 2.05) is 30.0 Å². The van der Waals surface area contributed by atoms with Crippen molar-refractivity contribution in [1.29, 1.82) is 0 Å². The summed E-state index contributed by atoms with van der Waals surface area (Å²) in [6, 6.07) is 18.9. The van der Waals surface area contributed by atoms with Crippen LogP contribution in [0.15, 0.2) is 54.6 Å². The van der Waals surface area contributed by atoms with Crippen molar-refractivity contribution >= 4 is 11.8 Å². The Kier molecular flexibility index (Phi) is 5.04. The van der Waals surface area contributed by atoms with Crippen molar-refractivity contribution in [2.75, 3.05) is 0 Å². The summed E-state index contributed by atoms with van der Waals surface area (Å²) in [4.78, 5) is 0. The number of aryl methyl sites for hydroxylation is 1. The Morgan fingerprint density at radius 1 is 0.818 bits per heavy atom. The van der Waals surface area contributed by atoms with E-state index < -0.39 is 0 Å². The maximum Gasteiger partial charge on any atom is 0.0994 e. The fraction of sp³-hybridized carbons (Fsp3) is 0.333. The van der Waals surface area contributed by atoms with Gasteiger partial charge in [0.1, 0.15) is 0 Å². The molecule has 0 nitrogen and oxygen atoms in total. The van der Waals surface area contributed by atoms with E-state index in [1.54, 1.807) is 0 Å². The van der Waals surface area contributed by atoms with Gasteiger partial charge in [-0.25, -0.2) is 0 Å². The van der Waals surface area contributed by atoms with Crippen LogP contribution < -0.4 is 0 Å². The van der Waals surface area contributed by atoms with Crippen molar-refractivity contribution in [3.63, 3.8) is 0 Å². The molecule has 2 aromatic rings. The third kappa shape index (κ3) is 4.68. The monoisotopic (exact) mass is 308 g/mol. The summed E-state index contributed by atoms with van der Waals surface area (Å²) in [6.07, 6.45) is 0. The fourth-order valence-corrected chi connectivity index (χ4v) is 3.93. The molecule has 0 radical (unpaired) electrons. The quantitative estimate of drug-likeness (QED) is 0.632. The van der Waals surface area contributed by atoms with Crippen LogP contribution in [0.4, 0.5) is 0 Å². The highest BCUT2D eigenvalue weighted by Crippen LogP contribution is 2.43. The third-order valence-corrected chi connectivity index (χ3v) is 4.69. The van der Waals surface area contributed by atoms with Gasteiger partial charge in [-0.3, -0.25) is 0 Å². The van der Waals surface area contributed by atoms with Gasteiger partial charge in [0.2, 0.25) is 0 Å². The first kappa shape index (κ1) is 16.7. The maximum atomic E-state index is 3.52. The predicted octanol–water partition coefficient (Wildman–Crippen LogP) is 5.79.